The average Bonchev–Trinajstić information content (AvgIpc) is 2.49. The van der Waals surface area contributed by atoms with Gasteiger partial charge < -0.3 is 5.32 Å². The van der Waals surface area contributed by atoms with E-state index in [-0.39, 0.29) is 5.82 Å². The Labute approximate surface area is 131 Å². The summed E-state index contributed by atoms with van der Waals surface area (Å²) in [5.74, 6) is -0.284. The molecule has 1 N–H and O–H groups in total. The number of likely N-dealkylation sites (N-methyl/N-ethyl adjacent to an activating group) is 1. The zero-order valence-corrected chi connectivity index (χ0v) is 13.0. The number of nitrogens with one attached hydrogen (secondary N) is 1. The molecule has 1 nitrogen and oxygen atoms in total. The highest BCUT2D eigenvalue weighted by Gasteiger charge is 2.11. The van der Waals surface area contributed by atoms with Crippen molar-refractivity contribution in [3.63, 3.8) is 0 Å². The number of halogens is 2. The maximum Gasteiger partial charge on any atom is 0.124 e. The Hall–Kier alpha value is -1.38. The van der Waals surface area contributed by atoms with Gasteiger partial charge in [-0.3, -0.25) is 0 Å². The number of rotatable bonds is 7. The van der Waals surface area contributed by atoms with Gasteiger partial charge in [-0.05, 0) is 49.1 Å². The second-order valence-electron chi connectivity index (χ2n) is 5.22. The monoisotopic (exact) mass is 305 g/mol. The van der Waals surface area contributed by atoms with Crippen molar-refractivity contribution in [3.8, 4) is 0 Å². The van der Waals surface area contributed by atoms with Crippen molar-refractivity contribution in [2.45, 2.75) is 32.2 Å². The van der Waals surface area contributed by atoms with Crippen LogP contribution in [0, 0.1) is 5.82 Å². The minimum absolute atomic E-state index is 0.284. The van der Waals surface area contributed by atoms with E-state index in [2.05, 4.69) is 36.5 Å². The summed E-state index contributed by atoms with van der Waals surface area (Å²) in [7, 11) is 0. The van der Waals surface area contributed by atoms with E-state index >= 15 is 0 Å². The molecule has 0 saturated heterocycles. The molecular formula is C18H21ClFN. The highest BCUT2D eigenvalue weighted by molar-refractivity contribution is 6.31. The van der Waals surface area contributed by atoms with Gasteiger partial charge in [-0.1, -0.05) is 54.9 Å². The summed E-state index contributed by atoms with van der Waals surface area (Å²) in [6.07, 6.45) is 2.88. The van der Waals surface area contributed by atoms with E-state index in [9.17, 15) is 4.39 Å². The van der Waals surface area contributed by atoms with E-state index in [0.717, 1.165) is 31.4 Å². The van der Waals surface area contributed by atoms with Gasteiger partial charge in [0.25, 0.3) is 0 Å². The largest absolute Gasteiger partial charge is 0.314 e. The van der Waals surface area contributed by atoms with Crippen LogP contribution in [-0.2, 0) is 12.8 Å². The van der Waals surface area contributed by atoms with Gasteiger partial charge in [-0.25, -0.2) is 4.39 Å². The molecular weight excluding hydrogens is 285 g/mol. The third-order valence-corrected chi connectivity index (χ3v) is 3.95. The quantitative estimate of drug-likeness (QED) is 0.786. The first kappa shape index (κ1) is 16.0. The third-order valence-electron chi connectivity index (χ3n) is 3.60. The van der Waals surface area contributed by atoms with Crippen LogP contribution in [0.4, 0.5) is 4.39 Å². The van der Waals surface area contributed by atoms with Crippen LogP contribution in [-0.4, -0.2) is 12.6 Å². The molecule has 0 fully saturated rings. The number of hydrogen-bond acceptors (Lipinski definition) is 1. The molecule has 0 heterocycles. The molecule has 3 heteroatoms. The van der Waals surface area contributed by atoms with Crippen LogP contribution >= 0.6 is 11.6 Å². The SMILES string of the molecule is CCNC(CCc1ccccc1)Cc1ccc(F)cc1Cl. The molecule has 21 heavy (non-hydrogen) atoms. The van der Waals surface area contributed by atoms with Crippen LogP contribution in [0.5, 0.6) is 0 Å². The van der Waals surface area contributed by atoms with Gasteiger partial charge in [-0.2, -0.15) is 0 Å². The van der Waals surface area contributed by atoms with E-state index in [1.54, 1.807) is 6.07 Å². The first-order chi connectivity index (χ1) is 10.2. The smallest absolute Gasteiger partial charge is 0.124 e. The molecule has 2 rings (SSSR count). The Morgan fingerprint density at radius 1 is 1.14 bits per heavy atom. The van der Waals surface area contributed by atoms with Crippen molar-refractivity contribution < 1.29 is 4.39 Å². The topological polar surface area (TPSA) is 12.0 Å². The molecule has 0 amide bonds. The fourth-order valence-electron chi connectivity index (χ4n) is 2.50. The maximum atomic E-state index is 13.1. The van der Waals surface area contributed by atoms with E-state index < -0.39 is 0 Å². The highest BCUT2D eigenvalue weighted by atomic mass is 35.5. The standard InChI is InChI=1S/C18H21ClFN/c1-2-21-17(11-8-14-6-4-3-5-7-14)12-15-9-10-16(20)13-18(15)19/h3-7,9-10,13,17,21H,2,8,11-12H2,1H3. The molecule has 0 aliphatic rings. The van der Waals surface area contributed by atoms with Crippen molar-refractivity contribution in [1.82, 2.24) is 5.32 Å². The molecule has 0 radical (unpaired) electrons. The molecule has 112 valence electrons. The summed E-state index contributed by atoms with van der Waals surface area (Å²) in [5.41, 5.74) is 2.34. The summed E-state index contributed by atoms with van der Waals surface area (Å²) in [6, 6.07) is 15.4. The molecule has 0 bridgehead atoms. The van der Waals surface area contributed by atoms with Crippen LogP contribution in [0.1, 0.15) is 24.5 Å². The zero-order valence-electron chi connectivity index (χ0n) is 12.3. The Morgan fingerprint density at radius 3 is 2.57 bits per heavy atom. The Bertz CT molecular complexity index is 556. The molecule has 0 aromatic heterocycles. The lowest BCUT2D eigenvalue weighted by Gasteiger charge is -2.18. The van der Waals surface area contributed by atoms with Gasteiger partial charge >= 0.3 is 0 Å². The second kappa shape index (κ2) is 8.16. The van der Waals surface area contributed by atoms with Crippen molar-refractivity contribution in [3.05, 3.63) is 70.5 Å². The first-order valence-electron chi connectivity index (χ1n) is 7.40. The lowest BCUT2D eigenvalue weighted by atomic mass is 9.99. The summed E-state index contributed by atoms with van der Waals surface area (Å²) in [5, 5.41) is 4.00. The molecule has 2 aromatic carbocycles. The van der Waals surface area contributed by atoms with Crippen molar-refractivity contribution in [2.75, 3.05) is 6.54 Å². The Balaban J connectivity index is 1.98. The van der Waals surface area contributed by atoms with Crippen LogP contribution in [0.25, 0.3) is 0 Å². The van der Waals surface area contributed by atoms with Crippen LogP contribution in [0.2, 0.25) is 5.02 Å². The summed E-state index contributed by atoms with van der Waals surface area (Å²) in [6.45, 7) is 3.01. The van der Waals surface area contributed by atoms with Gasteiger partial charge in [-0.15, -0.1) is 0 Å². The molecule has 1 unspecified atom stereocenters. The minimum atomic E-state index is -0.284. The third kappa shape index (κ3) is 5.14. The molecule has 0 spiro atoms. The molecule has 2 aromatic rings. The minimum Gasteiger partial charge on any atom is -0.314 e. The summed E-state index contributed by atoms with van der Waals surface area (Å²) in [4.78, 5) is 0. The number of benzene rings is 2. The molecule has 0 aliphatic heterocycles. The fraction of sp³-hybridized carbons (Fsp3) is 0.333. The Morgan fingerprint density at radius 2 is 1.90 bits per heavy atom. The first-order valence-corrected chi connectivity index (χ1v) is 7.78. The van der Waals surface area contributed by atoms with Gasteiger partial charge in [0.05, 0.1) is 0 Å². The lowest BCUT2D eigenvalue weighted by Crippen LogP contribution is -2.31. The molecule has 0 saturated carbocycles. The Kier molecular flexibility index (Phi) is 6.21. The predicted octanol–water partition coefficient (Wildman–Crippen LogP) is 4.63. The molecule has 0 aliphatic carbocycles. The lowest BCUT2D eigenvalue weighted by molar-refractivity contribution is 0.490. The number of aryl methyl sites for hydroxylation is 1. The fourth-order valence-corrected chi connectivity index (χ4v) is 2.75. The van der Waals surface area contributed by atoms with Gasteiger partial charge in [0.15, 0.2) is 0 Å². The van der Waals surface area contributed by atoms with Crippen LogP contribution in [0.3, 0.4) is 0 Å². The average molecular weight is 306 g/mol. The van der Waals surface area contributed by atoms with Crippen molar-refractivity contribution in [1.29, 1.82) is 0 Å². The summed E-state index contributed by atoms with van der Waals surface area (Å²) < 4.78 is 13.1. The predicted molar refractivity (Wildman–Crippen MR) is 87.3 cm³/mol. The number of hydrogen-bond donors (Lipinski definition) is 1. The van der Waals surface area contributed by atoms with Crippen molar-refractivity contribution >= 4 is 11.6 Å². The summed E-state index contributed by atoms with van der Waals surface area (Å²) >= 11 is 6.12. The maximum absolute atomic E-state index is 13.1. The highest BCUT2D eigenvalue weighted by Crippen LogP contribution is 2.20. The van der Waals surface area contributed by atoms with Gasteiger partial charge in [0.1, 0.15) is 5.82 Å². The van der Waals surface area contributed by atoms with Crippen LogP contribution in [0.15, 0.2) is 48.5 Å². The second-order valence-corrected chi connectivity index (χ2v) is 5.63. The van der Waals surface area contributed by atoms with Crippen LogP contribution < -0.4 is 5.32 Å². The van der Waals surface area contributed by atoms with Crippen molar-refractivity contribution in [2.24, 2.45) is 0 Å². The van der Waals surface area contributed by atoms with Gasteiger partial charge in [0, 0.05) is 11.1 Å². The normalized spacial score (nSPS) is 12.3. The van der Waals surface area contributed by atoms with Gasteiger partial charge in [0.2, 0.25) is 0 Å². The van der Waals surface area contributed by atoms with E-state index in [0.29, 0.717) is 11.1 Å². The van der Waals surface area contributed by atoms with E-state index in [1.165, 1.54) is 17.7 Å². The van der Waals surface area contributed by atoms with E-state index in [1.807, 2.05) is 6.07 Å². The molecule has 1 atom stereocenters. The zero-order chi connectivity index (χ0) is 15.1. The van der Waals surface area contributed by atoms with E-state index in [4.69, 9.17) is 11.6 Å².